The molecule has 0 aromatic heterocycles. The van der Waals surface area contributed by atoms with E-state index in [4.69, 9.17) is 9.47 Å². The summed E-state index contributed by atoms with van der Waals surface area (Å²) < 4.78 is 11.0. The number of carbonyl (C=O) groups excluding carboxylic acids is 2. The molecular weight excluding hydrogens is 340 g/mol. The van der Waals surface area contributed by atoms with E-state index in [0.29, 0.717) is 17.7 Å². The van der Waals surface area contributed by atoms with Crippen LogP contribution < -0.4 is 0 Å². The van der Waals surface area contributed by atoms with E-state index < -0.39 is 18.0 Å². The van der Waals surface area contributed by atoms with Gasteiger partial charge < -0.3 is 9.47 Å². The highest BCUT2D eigenvalue weighted by Crippen LogP contribution is 2.23. The summed E-state index contributed by atoms with van der Waals surface area (Å²) in [7, 11) is 0. The van der Waals surface area contributed by atoms with Crippen LogP contribution in [0.5, 0.6) is 0 Å². The van der Waals surface area contributed by atoms with Crippen molar-refractivity contribution in [3.05, 3.63) is 71.3 Å². The summed E-state index contributed by atoms with van der Waals surface area (Å²) in [6.07, 6.45) is 3.48. The molecule has 2 rings (SSSR count). The minimum Gasteiger partial charge on any atom is -0.463 e. The number of aryl methyl sites for hydroxylation is 1. The topological polar surface area (TPSA) is 52.6 Å². The van der Waals surface area contributed by atoms with E-state index >= 15 is 0 Å². The second kappa shape index (κ2) is 11.2. The first-order chi connectivity index (χ1) is 13.2. The van der Waals surface area contributed by atoms with Crippen molar-refractivity contribution >= 4 is 11.9 Å². The molecule has 1 atom stereocenters. The maximum atomic E-state index is 12.8. The van der Waals surface area contributed by atoms with E-state index in [0.717, 1.165) is 37.7 Å². The number of ether oxygens (including phenoxy) is 2. The van der Waals surface area contributed by atoms with E-state index in [9.17, 15) is 9.59 Å². The lowest BCUT2D eigenvalue weighted by atomic mass is 10.0. The number of hydrogen-bond donors (Lipinski definition) is 0. The van der Waals surface area contributed by atoms with Crippen molar-refractivity contribution < 1.29 is 19.1 Å². The smallest absolute Gasteiger partial charge is 0.352 e. The standard InChI is InChI=1S/C23H28O4/c1-3-5-11-17-26-23(25)21(19-14-7-6-8-15-19)27-22(24)20-16-10-9-13-18(20)12-4-2/h6-10,13-16,21H,3-5,11-12,17H2,1-2H3. The fraction of sp³-hybridized carbons (Fsp3) is 0.391. The number of hydrogen-bond acceptors (Lipinski definition) is 4. The Morgan fingerprint density at radius 1 is 0.889 bits per heavy atom. The van der Waals surface area contributed by atoms with Crippen LogP contribution in [0.2, 0.25) is 0 Å². The third kappa shape index (κ3) is 6.24. The lowest BCUT2D eigenvalue weighted by Crippen LogP contribution is -2.23. The predicted octanol–water partition coefficient (Wildman–Crippen LogP) is 5.27. The maximum Gasteiger partial charge on any atom is 0.352 e. The van der Waals surface area contributed by atoms with Crippen molar-refractivity contribution in [1.29, 1.82) is 0 Å². The predicted molar refractivity (Wildman–Crippen MR) is 106 cm³/mol. The summed E-state index contributed by atoms with van der Waals surface area (Å²) in [4.78, 5) is 25.4. The SMILES string of the molecule is CCCCCOC(=O)C(OC(=O)c1ccccc1CCC)c1ccccc1. The number of esters is 2. The van der Waals surface area contributed by atoms with E-state index in [1.807, 2.05) is 30.3 Å². The molecule has 0 fully saturated rings. The van der Waals surface area contributed by atoms with Crippen LogP contribution in [0.3, 0.4) is 0 Å². The fourth-order valence-corrected chi connectivity index (χ4v) is 2.86. The molecular formula is C23H28O4. The molecule has 2 aromatic carbocycles. The van der Waals surface area contributed by atoms with Gasteiger partial charge in [0.05, 0.1) is 12.2 Å². The number of rotatable bonds is 10. The number of carbonyl (C=O) groups is 2. The molecule has 144 valence electrons. The molecule has 0 radical (unpaired) electrons. The van der Waals surface area contributed by atoms with Crippen LogP contribution in [0.1, 0.15) is 67.1 Å². The molecule has 0 saturated heterocycles. The Morgan fingerprint density at radius 2 is 1.59 bits per heavy atom. The highest BCUT2D eigenvalue weighted by molar-refractivity contribution is 5.93. The highest BCUT2D eigenvalue weighted by Gasteiger charge is 2.27. The van der Waals surface area contributed by atoms with Gasteiger partial charge in [0.1, 0.15) is 0 Å². The first-order valence-corrected chi connectivity index (χ1v) is 9.67. The first kappa shape index (κ1) is 20.7. The second-order valence-corrected chi connectivity index (χ2v) is 6.48. The van der Waals surface area contributed by atoms with E-state index in [1.165, 1.54) is 0 Å². The van der Waals surface area contributed by atoms with Crippen LogP contribution in [0.25, 0.3) is 0 Å². The normalized spacial score (nSPS) is 11.6. The zero-order chi connectivity index (χ0) is 19.5. The molecule has 1 unspecified atom stereocenters. The van der Waals surface area contributed by atoms with E-state index in [1.54, 1.807) is 24.3 Å². The summed E-state index contributed by atoms with van der Waals surface area (Å²) in [5.74, 6) is -1.03. The fourth-order valence-electron chi connectivity index (χ4n) is 2.86. The third-order valence-corrected chi connectivity index (χ3v) is 4.29. The number of benzene rings is 2. The zero-order valence-corrected chi connectivity index (χ0v) is 16.1. The molecule has 0 spiro atoms. The molecule has 0 aliphatic carbocycles. The van der Waals surface area contributed by atoms with Crippen LogP contribution >= 0.6 is 0 Å². The minimum atomic E-state index is -1.06. The summed E-state index contributed by atoms with van der Waals surface area (Å²) in [5, 5.41) is 0. The van der Waals surface area contributed by atoms with Crippen molar-refractivity contribution in [2.45, 2.75) is 52.1 Å². The quantitative estimate of drug-likeness (QED) is 0.423. The average Bonchev–Trinajstić information content (AvgIpc) is 2.70. The Bertz CT molecular complexity index is 724. The summed E-state index contributed by atoms with van der Waals surface area (Å²) in [5.41, 5.74) is 2.03. The molecule has 4 nitrogen and oxygen atoms in total. The van der Waals surface area contributed by atoms with Crippen LogP contribution in [-0.4, -0.2) is 18.5 Å². The van der Waals surface area contributed by atoms with Crippen molar-refractivity contribution in [3.63, 3.8) is 0 Å². The molecule has 0 aliphatic rings. The third-order valence-electron chi connectivity index (χ3n) is 4.29. The summed E-state index contributed by atoms with van der Waals surface area (Å²) >= 11 is 0. The van der Waals surface area contributed by atoms with Crippen LogP contribution in [0, 0.1) is 0 Å². The molecule has 4 heteroatoms. The Labute approximate surface area is 161 Å². The Morgan fingerprint density at radius 3 is 2.30 bits per heavy atom. The molecule has 27 heavy (non-hydrogen) atoms. The van der Waals surface area contributed by atoms with Crippen molar-refractivity contribution in [2.75, 3.05) is 6.61 Å². The Kier molecular flexibility index (Phi) is 8.56. The van der Waals surface area contributed by atoms with Crippen LogP contribution in [0.15, 0.2) is 54.6 Å². The monoisotopic (exact) mass is 368 g/mol. The molecule has 2 aromatic rings. The average molecular weight is 368 g/mol. The van der Waals surface area contributed by atoms with Gasteiger partial charge in [-0.15, -0.1) is 0 Å². The molecule has 0 amide bonds. The van der Waals surface area contributed by atoms with Gasteiger partial charge in [0.25, 0.3) is 0 Å². The van der Waals surface area contributed by atoms with Gasteiger partial charge in [-0.2, -0.15) is 0 Å². The van der Waals surface area contributed by atoms with Crippen molar-refractivity contribution in [2.24, 2.45) is 0 Å². The lowest BCUT2D eigenvalue weighted by molar-refractivity contribution is -0.154. The molecule has 0 N–H and O–H groups in total. The molecule has 0 bridgehead atoms. The first-order valence-electron chi connectivity index (χ1n) is 9.67. The Hall–Kier alpha value is -2.62. The van der Waals surface area contributed by atoms with Crippen LogP contribution in [-0.2, 0) is 20.7 Å². The molecule has 0 saturated carbocycles. The Balaban J connectivity index is 2.17. The minimum absolute atomic E-state index is 0.333. The van der Waals surface area contributed by atoms with Gasteiger partial charge in [-0.05, 0) is 24.5 Å². The van der Waals surface area contributed by atoms with Crippen molar-refractivity contribution in [1.82, 2.24) is 0 Å². The number of unbranched alkanes of at least 4 members (excludes halogenated alkanes) is 2. The van der Waals surface area contributed by atoms with Gasteiger partial charge in [-0.25, -0.2) is 9.59 Å². The largest absolute Gasteiger partial charge is 0.463 e. The van der Waals surface area contributed by atoms with Gasteiger partial charge in [0, 0.05) is 5.56 Å². The van der Waals surface area contributed by atoms with Gasteiger partial charge in [-0.3, -0.25) is 0 Å². The van der Waals surface area contributed by atoms with Gasteiger partial charge >= 0.3 is 11.9 Å². The van der Waals surface area contributed by atoms with E-state index in [-0.39, 0.29) is 0 Å². The van der Waals surface area contributed by atoms with Gasteiger partial charge in [0.15, 0.2) is 0 Å². The van der Waals surface area contributed by atoms with E-state index in [2.05, 4.69) is 13.8 Å². The molecule has 0 aliphatic heterocycles. The zero-order valence-electron chi connectivity index (χ0n) is 16.1. The highest BCUT2D eigenvalue weighted by atomic mass is 16.6. The summed E-state index contributed by atoms with van der Waals surface area (Å²) in [6.45, 7) is 4.48. The van der Waals surface area contributed by atoms with Crippen LogP contribution in [0.4, 0.5) is 0 Å². The van der Waals surface area contributed by atoms with Crippen molar-refractivity contribution in [3.8, 4) is 0 Å². The summed E-state index contributed by atoms with van der Waals surface area (Å²) in [6, 6.07) is 16.4. The second-order valence-electron chi connectivity index (χ2n) is 6.48. The maximum absolute atomic E-state index is 12.8. The van der Waals surface area contributed by atoms with Gasteiger partial charge in [-0.1, -0.05) is 81.6 Å². The molecule has 0 heterocycles. The van der Waals surface area contributed by atoms with Gasteiger partial charge in [0.2, 0.25) is 6.10 Å². The lowest BCUT2D eigenvalue weighted by Gasteiger charge is -2.18.